The second kappa shape index (κ2) is 15.5. The Balaban J connectivity index is 1.59. The van der Waals surface area contributed by atoms with E-state index in [2.05, 4.69) is 15.2 Å². The zero-order valence-corrected chi connectivity index (χ0v) is 27.9. The van der Waals surface area contributed by atoms with Gasteiger partial charge in [-0.15, -0.1) is 11.3 Å². The van der Waals surface area contributed by atoms with Crippen molar-refractivity contribution in [1.82, 2.24) is 20.4 Å². The molecule has 4 rings (SSSR count). The molecule has 270 valence electrons. The third kappa shape index (κ3) is 8.75. The molecule has 3 heterocycles. The van der Waals surface area contributed by atoms with Gasteiger partial charge in [-0.05, 0) is 56.2 Å². The number of nitrogens with zero attached hydrogens (tertiary/aromatic N) is 2. The smallest absolute Gasteiger partial charge is 0.401 e. The monoisotopic (exact) mass is 737 g/mol. The molecule has 1 aromatic heterocycles. The summed E-state index contributed by atoms with van der Waals surface area (Å²) in [5.41, 5.74) is 0.0158. The van der Waals surface area contributed by atoms with Crippen LogP contribution in [0.1, 0.15) is 54.3 Å². The van der Waals surface area contributed by atoms with Gasteiger partial charge in [0.05, 0.1) is 18.0 Å². The van der Waals surface area contributed by atoms with Gasteiger partial charge in [0.15, 0.2) is 0 Å². The SMILES string of the molecule is CCOP(=O)(O)C(F)(F)c1ccc2sc(C(=O)N[C@H]3CN(CC(F)F)CC[C@H]4CC[C@@H](C(=O)N[C@@H](CCC(N)=O)C(=O)O)N4C3=O)cc2c1. The van der Waals surface area contributed by atoms with Gasteiger partial charge in [-0.3, -0.25) is 28.6 Å². The lowest BCUT2D eigenvalue weighted by molar-refractivity contribution is -0.146. The van der Waals surface area contributed by atoms with Crippen LogP contribution in [0, 0.1) is 0 Å². The van der Waals surface area contributed by atoms with Crippen molar-refractivity contribution in [1.29, 1.82) is 0 Å². The van der Waals surface area contributed by atoms with Crippen LogP contribution in [0.15, 0.2) is 24.3 Å². The van der Waals surface area contributed by atoms with E-state index in [1.54, 1.807) is 0 Å². The van der Waals surface area contributed by atoms with Crippen LogP contribution >= 0.6 is 18.9 Å². The molecule has 1 unspecified atom stereocenters. The van der Waals surface area contributed by atoms with Crippen molar-refractivity contribution >= 4 is 58.6 Å². The van der Waals surface area contributed by atoms with Crippen molar-refractivity contribution in [3.05, 3.63) is 34.7 Å². The number of nitrogens with two attached hydrogens (primary N) is 1. The molecule has 2 fully saturated rings. The number of alkyl halides is 4. The van der Waals surface area contributed by atoms with Crippen LogP contribution in [-0.2, 0) is 33.9 Å². The minimum absolute atomic E-state index is 0.0475. The van der Waals surface area contributed by atoms with E-state index in [0.717, 1.165) is 23.5 Å². The number of carboxylic acids is 1. The lowest BCUT2D eigenvalue weighted by Gasteiger charge is -2.38. The van der Waals surface area contributed by atoms with E-state index in [-0.39, 0.29) is 49.0 Å². The van der Waals surface area contributed by atoms with Crippen LogP contribution < -0.4 is 16.4 Å². The first-order chi connectivity index (χ1) is 22.9. The first-order valence-corrected chi connectivity index (χ1v) is 17.7. The summed E-state index contributed by atoms with van der Waals surface area (Å²) in [4.78, 5) is 75.9. The number of thiophene rings is 1. The molecule has 2 saturated heterocycles. The summed E-state index contributed by atoms with van der Waals surface area (Å²) in [5.74, 6) is -4.62. The van der Waals surface area contributed by atoms with Crippen molar-refractivity contribution in [2.45, 2.75) is 75.3 Å². The fourth-order valence-corrected chi connectivity index (χ4v) is 7.89. The predicted molar refractivity (Wildman–Crippen MR) is 167 cm³/mol. The predicted octanol–water partition coefficient (Wildman–Crippen LogP) is 2.44. The highest BCUT2D eigenvalue weighted by molar-refractivity contribution is 7.53. The largest absolute Gasteiger partial charge is 0.480 e. The zero-order chi connectivity index (χ0) is 36.3. The Labute approximate surface area is 281 Å². The van der Waals surface area contributed by atoms with Gasteiger partial charge in [0, 0.05) is 35.8 Å². The molecule has 2 aliphatic heterocycles. The van der Waals surface area contributed by atoms with Crippen LogP contribution in [0.3, 0.4) is 0 Å². The second-order valence-electron chi connectivity index (χ2n) is 11.7. The van der Waals surface area contributed by atoms with Crippen molar-refractivity contribution in [3.8, 4) is 0 Å². The second-order valence-corrected chi connectivity index (χ2v) is 14.6. The average Bonchev–Trinajstić information content (AvgIpc) is 3.64. The summed E-state index contributed by atoms with van der Waals surface area (Å²) in [6.07, 6.45) is -2.74. The summed E-state index contributed by atoms with van der Waals surface area (Å²) in [6.45, 7) is -0.124. The number of primary amides is 1. The maximum Gasteiger partial charge on any atom is 0.401 e. The Morgan fingerprint density at radius 2 is 1.90 bits per heavy atom. The third-order valence-corrected chi connectivity index (χ3v) is 11.0. The molecule has 0 saturated carbocycles. The average molecular weight is 738 g/mol. The lowest BCUT2D eigenvalue weighted by Crippen LogP contribution is -2.61. The Morgan fingerprint density at radius 1 is 1.18 bits per heavy atom. The highest BCUT2D eigenvalue weighted by atomic mass is 32.1. The molecule has 0 bridgehead atoms. The lowest BCUT2D eigenvalue weighted by atomic mass is 10.1. The molecule has 0 radical (unpaired) electrons. The van der Waals surface area contributed by atoms with Gasteiger partial charge >= 0.3 is 19.2 Å². The zero-order valence-electron chi connectivity index (χ0n) is 26.2. The molecular formula is C29H36F4N5O9PS. The molecular weight excluding hydrogens is 701 g/mol. The van der Waals surface area contributed by atoms with Gasteiger partial charge in [-0.1, -0.05) is 6.07 Å². The maximum absolute atomic E-state index is 14.8. The minimum Gasteiger partial charge on any atom is -0.480 e. The number of amides is 4. The maximum atomic E-state index is 14.8. The van der Waals surface area contributed by atoms with Crippen LogP contribution in [0.5, 0.6) is 0 Å². The molecule has 1 aromatic carbocycles. The molecule has 14 nitrogen and oxygen atoms in total. The number of halogens is 4. The molecule has 5 atom stereocenters. The first kappa shape index (κ1) is 38.2. The fourth-order valence-electron chi connectivity index (χ4n) is 5.97. The van der Waals surface area contributed by atoms with E-state index in [4.69, 9.17) is 5.73 Å². The molecule has 6 N–H and O–H groups in total. The third-order valence-electron chi connectivity index (χ3n) is 8.32. The molecule has 4 amide bonds. The topological polar surface area (TPSA) is 209 Å². The normalized spacial score (nSPS) is 22.2. The summed E-state index contributed by atoms with van der Waals surface area (Å²) in [5, 5.41) is 14.5. The number of carbonyl (C=O) groups excluding carboxylic acids is 4. The Kier molecular flexibility index (Phi) is 12.1. The van der Waals surface area contributed by atoms with Crippen molar-refractivity contribution in [2.24, 2.45) is 5.73 Å². The van der Waals surface area contributed by atoms with Gasteiger partial charge in [-0.25, -0.2) is 13.6 Å². The fraction of sp³-hybridized carbons (Fsp3) is 0.552. The summed E-state index contributed by atoms with van der Waals surface area (Å²) < 4.78 is 73.5. The van der Waals surface area contributed by atoms with E-state index < -0.39 is 92.2 Å². The number of rotatable bonds is 14. The summed E-state index contributed by atoms with van der Waals surface area (Å²) in [7, 11) is -5.39. The Morgan fingerprint density at radius 3 is 2.53 bits per heavy atom. The number of hydrogen-bond donors (Lipinski definition) is 5. The number of aliphatic carboxylic acids is 1. The summed E-state index contributed by atoms with van der Waals surface area (Å²) >= 11 is 0.863. The van der Waals surface area contributed by atoms with Crippen LogP contribution in [-0.4, -0.2) is 106 Å². The van der Waals surface area contributed by atoms with Gasteiger partial charge in [0.1, 0.15) is 18.1 Å². The highest BCUT2D eigenvalue weighted by Crippen LogP contribution is 2.63. The highest BCUT2D eigenvalue weighted by Gasteiger charge is 2.52. The number of hydrogen-bond acceptors (Lipinski definition) is 9. The minimum atomic E-state index is -5.39. The van der Waals surface area contributed by atoms with E-state index >= 15 is 0 Å². The van der Waals surface area contributed by atoms with Gasteiger partial charge < -0.3 is 35.8 Å². The number of nitrogens with one attached hydrogen (secondary N) is 2. The van der Waals surface area contributed by atoms with Gasteiger partial charge in [0.2, 0.25) is 17.7 Å². The van der Waals surface area contributed by atoms with Crippen LogP contribution in [0.4, 0.5) is 17.6 Å². The van der Waals surface area contributed by atoms with E-state index in [0.29, 0.717) is 11.1 Å². The molecule has 0 spiro atoms. The van der Waals surface area contributed by atoms with Crippen molar-refractivity contribution < 1.29 is 60.6 Å². The molecule has 49 heavy (non-hydrogen) atoms. The number of carbonyl (C=O) groups is 5. The molecule has 2 aromatic rings. The van der Waals surface area contributed by atoms with E-state index in [1.165, 1.54) is 28.9 Å². The van der Waals surface area contributed by atoms with Crippen molar-refractivity contribution in [3.63, 3.8) is 0 Å². The van der Waals surface area contributed by atoms with E-state index in [1.807, 2.05) is 0 Å². The summed E-state index contributed by atoms with van der Waals surface area (Å²) in [6, 6.07) is -0.356. The Bertz CT molecular complexity index is 1650. The van der Waals surface area contributed by atoms with Gasteiger partial charge in [0.25, 0.3) is 12.3 Å². The van der Waals surface area contributed by atoms with Crippen LogP contribution in [0.2, 0.25) is 0 Å². The molecule has 20 heteroatoms. The number of carboxylic acid groups (broad SMARTS) is 1. The first-order valence-electron chi connectivity index (χ1n) is 15.3. The number of fused-ring (bicyclic) bond motifs is 2. The quantitative estimate of drug-likeness (QED) is 0.141. The van der Waals surface area contributed by atoms with Gasteiger partial charge in [-0.2, -0.15) is 8.78 Å². The van der Waals surface area contributed by atoms with E-state index in [9.17, 15) is 56.1 Å². The molecule has 0 aliphatic carbocycles. The van der Waals surface area contributed by atoms with Crippen LogP contribution in [0.25, 0.3) is 10.1 Å². The Hall–Kier alpha value is -3.64. The number of benzene rings is 1. The van der Waals surface area contributed by atoms with Crippen molar-refractivity contribution in [2.75, 3.05) is 26.2 Å². The standard InChI is InChI=1S/C29H36F4N5O9PS/c1-2-47-48(45,46)29(32,33)16-3-7-21-15(11-16)12-22(49-21)26(41)36-19-13-37(14-23(30)31)10-9-17-4-6-20(38(17)27(19)42)25(40)35-18(28(43)44)5-8-24(34)39/h3,7,11-12,17-20,23H,2,4-6,8-10,13-14H2,1H3,(H2,34,39)(H,35,40)(H,36,41)(H,43,44)(H,45,46)/t17-,18+,19+,20+/m1/s1. The molecule has 2 aliphatic rings.